The summed E-state index contributed by atoms with van der Waals surface area (Å²) in [7, 11) is 0. The van der Waals surface area contributed by atoms with E-state index in [1.807, 2.05) is 31.2 Å². The summed E-state index contributed by atoms with van der Waals surface area (Å²) in [5.41, 5.74) is 4.31. The zero-order chi connectivity index (χ0) is 12.7. The largest absolute Gasteiger partial charge is 0.287 e. The Hall–Kier alpha value is -1.67. The molecule has 0 bridgehead atoms. The molecule has 3 heteroatoms. The quantitative estimate of drug-likeness (QED) is 0.724. The molecular formula is C15H12ClNO. The Morgan fingerprint density at radius 1 is 1.28 bits per heavy atom. The van der Waals surface area contributed by atoms with E-state index in [9.17, 15) is 4.79 Å². The second kappa shape index (κ2) is 4.21. The Kier molecular flexibility index (Phi) is 2.67. The average molecular weight is 258 g/mol. The van der Waals surface area contributed by atoms with Crippen LogP contribution >= 0.6 is 11.6 Å². The minimum Gasteiger partial charge on any atom is -0.287 e. The van der Waals surface area contributed by atoms with Crippen molar-refractivity contribution in [3.63, 3.8) is 0 Å². The van der Waals surface area contributed by atoms with Crippen LogP contribution in [0.5, 0.6) is 0 Å². The molecule has 1 aromatic heterocycles. The maximum absolute atomic E-state index is 12.5. The second-order valence-corrected chi connectivity index (χ2v) is 5.02. The van der Waals surface area contributed by atoms with Crippen molar-refractivity contribution < 1.29 is 4.79 Å². The second-order valence-electron chi connectivity index (χ2n) is 4.62. The van der Waals surface area contributed by atoms with Crippen LogP contribution in [0.3, 0.4) is 0 Å². The molecule has 2 nitrogen and oxygen atoms in total. The van der Waals surface area contributed by atoms with Gasteiger partial charge in [-0.1, -0.05) is 29.8 Å². The molecule has 0 spiro atoms. The highest BCUT2D eigenvalue weighted by Crippen LogP contribution is 2.28. The number of pyridine rings is 1. The first-order valence-corrected chi connectivity index (χ1v) is 6.32. The van der Waals surface area contributed by atoms with E-state index in [0.29, 0.717) is 16.3 Å². The highest BCUT2D eigenvalue weighted by atomic mass is 35.5. The Morgan fingerprint density at radius 2 is 2.11 bits per heavy atom. The zero-order valence-electron chi connectivity index (χ0n) is 10.0. The predicted molar refractivity (Wildman–Crippen MR) is 71.3 cm³/mol. The number of carbonyl (C=O) groups excluding carboxylic acids is 1. The molecule has 1 heterocycles. The summed E-state index contributed by atoms with van der Waals surface area (Å²) < 4.78 is 0. The van der Waals surface area contributed by atoms with Crippen molar-refractivity contribution in [2.24, 2.45) is 0 Å². The monoisotopic (exact) mass is 257 g/mol. The zero-order valence-corrected chi connectivity index (χ0v) is 10.8. The number of fused-ring (bicyclic) bond motifs is 2. The number of benzene rings is 1. The lowest BCUT2D eigenvalue weighted by atomic mass is 10.0. The molecule has 18 heavy (non-hydrogen) atoms. The molecule has 0 radical (unpaired) electrons. The van der Waals surface area contributed by atoms with E-state index in [0.717, 1.165) is 29.5 Å². The van der Waals surface area contributed by atoms with Gasteiger partial charge in [0, 0.05) is 16.8 Å². The fourth-order valence-corrected chi connectivity index (χ4v) is 2.71. The summed E-state index contributed by atoms with van der Waals surface area (Å²) in [6.07, 6.45) is 3.34. The Labute approximate surface area is 111 Å². The highest BCUT2D eigenvalue weighted by molar-refractivity contribution is 6.32. The summed E-state index contributed by atoms with van der Waals surface area (Å²) in [5.74, 6) is -0.0139. The van der Waals surface area contributed by atoms with E-state index >= 15 is 0 Å². The molecule has 3 rings (SSSR count). The molecule has 1 aromatic carbocycles. The van der Waals surface area contributed by atoms with E-state index in [-0.39, 0.29) is 5.78 Å². The normalized spacial score (nSPS) is 13.8. The van der Waals surface area contributed by atoms with Crippen LogP contribution in [0.2, 0.25) is 5.02 Å². The minimum absolute atomic E-state index is 0.0139. The average Bonchev–Trinajstić information content (AvgIpc) is 2.49. The Bertz CT molecular complexity index is 649. The fourth-order valence-electron chi connectivity index (χ4n) is 2.44. The van der Waals surface area contributed by atoms with Crippen LogP contribution in [0.4, 0.5) is 0 Å². The maximum Gasteiger partial charge on any atom is 0.211 e. The van der Waals surface area contributed by atoms with Crippen molar-refractivity contribution in [3.05, 3.63) is 63.4 Å². The van der Waals surface area contributed by atoms with Crippen LogP contribution in [-0.2, 0) is 12.8 Å². The third-order valence-corrected chi connectivity index (χ3v) is 3.68. The number of hydrogen-bond acceptors (Lipinski definition) is 2. The summed E-state index contributed by atoms with van der Waals surface area (Å²) >= 11 is 6.18. The molecule has 0 aliphatic heterocycles. The topological polar surface area (TPSA) is 30.0 Å². The van der Waals surface area contributed by atoms with E-state index in [4.69, 9.17) is 11.6 Å². The van der Waals surface area contributed by atoms with Gasteiger partial charge in [0.15, 0.2) is 0 Å². The molecule has 0 N–H and O–H groups in total. The molecule has 1 aliphatic carbocycles. The number of nitrogens with zero attached hydrogens (tertiary/aromatic N) is 1. The van der Waals surface area contributed by atoms with E-state index in [2.05, 4.69) is 4.98 Å². The first kappa shape index (κ1) is 11.4. The molecule has 1 aliphatic rings. The van der Waals surface area contributed by atoms with Crippen LogP contribution in [0, 0.1) is 6.92 Å². The SMILES string of the molecule is Cc1cnc2c(c1)CCc1c(Cl)cccc1C2=O. The predicted octanol–water partition coefficient (Wildman–Crippen LogP) is 3.37. The standard InChI is InChI=1S/C15H12ClNO/c1-9-7-10-5-6-11-12(3-2-4-13(11)16)15(18)14(10)17-8-9/h2-4,7-8H,5-6H2,1H3. The molecule has 0 amide bonds. The highest BCUT2D eigenvalue weighted by Gasteiger charge is 2.23. The molecule has 0 fully saturated rings. The van der Waals surface area contributed by atoms with Gasteiger partial charge in [0.25, 0.3) is 0 Å². The fraction of sp³-hybridized carbons (Fsp3) is 0.200. The van der Waals surface area contributed by atoms with Gasteiger partial charge >= 0.3 is 0 Å². The van der Waals surface area contributed by atoms with Gasteiger partial charge < -0.3 is 0 Å². The van der Waals surface area contributed by atoms with Crippen molar-refractivity contribution in [3.8, 4) is 0 Å². The number of halogens is 1. The summed E-state index contributed by atoms with van der Waals surface area (Å²) in [5, 5.41) is 0.672. The number of ketones is 1. The van der Waals surface area contributed by atoms with Gasteiger partial charge in [0.1, 0.15) is 5.69 Å². The van der Waals surface area contributed by atoms with Crippen molar-refractivity contribution in [2.75, 3.05) is 0 Å². The first-order chi connectivity index (χ1) is 8.66. The Morgan fingerprint density at radius 3 is 2.94 bits per heavy atom. The molecule has 2 aromatic rings. The van der Waals surface area contributed by atoms with Gasteiger partial charge in [-0.05, 0) is 42.5 Å². The maximum atomic E-state index is 12.5. The van der Waals surface area contributed by atoms with Crippen LogP contribution < -0.4 is 0 Å². The van der Waals surface area contributed by atoms with Crippen molar-refractivity contribution in [2.45, 2.75) is 19.8 Å². The Balaban J connectivity index is 2.22. The number of hydrogen-bond donors (Lipinski definition) is 0. The number of carbonyl (C=O) groups is 1. The first-order valence-electron chi connectivity index (χ1n) is 5.94. The smallest absolute Gasteiger partial charge is 0.211 e. The van der Waals surface area contributed by atoms with Crippen LogP contribution in [0.15, 0.2) is 30.5 Å². The summed E-state index contributed by atoms with van der Waals surface area (Å²) in [6.45, 7) is 1.99. The third kappa shape index (κ3) is 1.73. The lowest BCUT2D eigenvalue weighted by Gasteiger charge is -2.05. The van der Waals surface area contributed by atoms with Crippen molar-refractivity contribution in [1.82, 2.24) is 4.98 Å². The summed E-state index contributed by atoms with van der Waals surface area (Å²) in [4.78, 5) is 16.8. The van der Waals surface area contributed by atoms with E-state index in [1.165, 1.54) is 0 Å². The number of aryl methyl sites for hydroxylation is 2. The molecule has 0 saturated carbocycles. The third-order valence-electron chi connectivity index (χ3n) is 3.33. The van der Waals surface area contributed by atoms with Crippen LogP contribution in [-0.4, -0.2) is 10.8 Å². The number of rotatable bonds is 0. The van der Waals surface area contributed by atoms with Crippen LogP contribution in [0.25, 0.3) is 0 Å². The molecule has 90 valence electrons. The minimum atomic E-state index is -0.0139. The van der Waals surface area contributed by atoms with E-state index in [1.54, 1.807) is 6.20 Å². The van der Waals surface area contributed by atoms with Crippen LogP contribution in [0.1, 0.15) is 32.7 Å². The summed E-state index contributed by atoms with van der Waals surface area (Å²) in [6, 6.07) is 7.53. The number of aromatic nitrogens is 1. The van der Waals surface area contributed by atoms with Gasteiger partial charge in [-0.25, -0.2) is 0 Å². The molecular weight excluding hydrogens is 246 g/mol. The molecule has 0 unspecified atom stereocenters. The lowest BCUT2D eigenvalue weighted by molar-refractivity contribution is 0.103. The molecule has 0 saturated heterocycles. The van der Waals surface area contributed by atoms with Crippen molar-refractivity contribution in [1.29, 1.82) is 0 Å². The van der Waals surface area contributed by atoms with Gasteiger partial charge in [0.05, 0.1) is 0 Å². The van der Waals surface area contributed by atoms with Gasteiger partial charge in [0.2, 0.25) is 5.78 Å². The van der Waals surface area contributed by atoms with Gasteiger partial charge in [-0.15, -0.1) is 0 Å². The van der Waals surface area contributed by atoms with E-state index < -0.39 is 0 Å². The van der Waals surface area contributed by atoms with Gasteiger partial charge in [-0.3, -0.25) is 9.78 Å². The lowest BCUT2D eigenvalue weighted by Crippen LogP contribution is -2.07. The van der Waals surface area contributed by atoms with Crippen molar-refractivity contribution >= 4 is 17.4 Å². The van der Waals surface area contributed by atoms with Gasteiger partial charge in [-0.2, -0.15) is 0 Å². The molecule has 0 atom stereocenters.